The fraction of sp³-hybridized carbons (Fsp3) is 0.289. The Labute approximate surface area is 318 Å². The highest BCUT2D eigenvalue weighted by Gasteiger charge is 2.47. The maximum atomic E-state index is 15.2. The number of ether oxygens (including phenoxy) is 4. The lowest BCUT2D eigenvalue weighted by molar-refractivity contribution is -0.150. The molecule has 54 heavy (non-hydrogen) atoms. The number of rotatable bonds is 19. The molecule has 0 bridgehead atoms. The molecule has 1 fully saturated rings. The topological polar surface area (TPSA) is 104 Å². The molecule has 0 unspecified atom stereocenters. The molecule has 1 saturated heterocycles. The maximum absolute atomic E-state index is 15.2. The van der Waals surface area contributed by atoms with Crippen LogP contribution in [-0.4, -0.2) is 67.0 Å². The Morgan fingerprint density at radius 2 is 1.26 bits per heavy atom. The van der Waals surface area contributed by atoms with Gasteiger partial charge in [0.15, 0.2) is 0 Å². The fourth-order valence-electron chi connectivity index (χ4n) is 7.03. The lowest BCUT2D eigenvalue weighted by atomic mass is 9.87. The van der Waals surface area contributed by atoms with Crippen molar-refractivity contribution >= 4 is 11.9 Å². The van der Waals surface area contributed by atoms with Crippen molar-refractivity contribution in [2.24, 2.45) is 5.73 Å². The Bertz CT molecular complexity index is 1910. The molecule has 9 nitrogen and oxygen atoms in total. The van der Waals surface area contributed by atoms with Gasteiger partial charge in [-0.2, -0.15) is 0 Å². The molecule has 3 amide bonds. The first-order valence-electron chi connectivity index (χ1n) is 18.5. The number of carbonyl (C=O) groups excluding carboxylic acids is 2. The van der Waals surface area contributed by atoms with Crippen molar-refractivity contribution < 1.29 is 28.5 Å². The molecule has 1 heterocycles. The van der Waals surface area contributed by atoms with Crippen molar-refractivity contribution in [3.8, 4) is 5.75 Å². The lowest BCUT2D eigenvalue weighted by Gasteiger charge is -2.51. The van der Waals surface area contributed by atoms with Gasteiger partial charge in [-0.15, -0.1) is 0 Å². The summed E-state index contributed by atoms with van der Waals surface area (Å²) in [5, 5.41) is 0. The number of carbonyl (C=O) groups is 2. The van der Waals surface area contributed by atoms with Crippen LogP contribution in [0.4, 0.5) is 4.79 Å². The van der Waals surface area contributed by atoms with Gasteiger partial charge < -0.3 is 34.5 Å². The first kappa shape index (κ1) is 38.3. The summed E-state index contributed by atoms with van der Waals surface area (Å²) in [4.78, 5) is 31.2. The summed E-state index contributed by atoms with van der Waals surface area (Å²) in [6, 6.07) is 44.9. The van der Waals surface area contributed by atoms with Crippen LogP contribution in [-0.2, 0) is 46.7 Å². The molecule has 1 aliphatic rings. The third-order valence-electron chi connectivity index (χ3n) is 9.75. The van der Waals surface area contributed by atoms with Crippen LogP contribution >= 0.6 is 0 Å². The first-order chi connectivity index (χ1) is 26.5. The summed E-state index contributed by atoms with van der Waals surface area (Å²) in [6.07, 6.45) is 1.52. The van der Waals surface area contributed by atoms with Crippen LogP contribution in [0.1, 0.15) is 44.6 Å². The minimum atomic E-state index is -0.518. The zero-order valence-electron chi connectivity index (χ0n) is 30.8. The highest BCUT2D eigenvalue weighted by molar-refractivity contribution is 5.92. The third kappa shape index (κ3) is 10.6. The Morgan fingerprint density at radius 3 is 1.93 bits per heavy atom. The summed E-state index contributed by atoms with van der Waals surface area (Å²) >= 11 is 0. The number of benzene rings is 5. The number of hydrogen-bond donors (Lipinski definition) is 1. The summed E-state index contributed by atoms with van der Waals surface area (Å²) < 4.78 is 24.1. The van der Waals surface area contributed by atoms with Crippen LogP contribution in [0.15, 0.2) is 140 Å². The second-order valence-electron chi connectivity index (χ2n) is 13.5. The van der Waals surface area contributed by atoms with Gasteiger partial charge in [-0.1, -0.05) is 115 Å². The zero-order chi connectivity index (χ0) is 37.5. The average Bonchev–Trinajstić information content (AvgIpc) is 3.21. The third-order valence-corrected chi connectivity index (χ3v) is 9.75. The summed E-state index contributed by atoms with van der Waals surface area (Å²) in [5.41, 5.74) is 11.1. The average molecular weight is 728 g/mol. The normalized spacial score (nSPS) is 17.1. The first-order valence-corrected chi connectivity index (χ1v) is 18.5. The molecule has 0 aliphatic carbocycles. The molecular weight excluding hydrogens is 679 g/mol. The van der Waals surface area contributed by atoms with Gasteiger partial charge >= 0.3 is 6.03 Å². The van der Waals surface area contributed by atoms with E-state index in [2.05, 4.69) is 24.3 Å². The van der Waals surface area contributed by atoms with Gasteiger partial charge in [0.25, 0.3) is 0 Å². The van der Waals surface area contributed by atoms with E-state index in [4.69, 9.17) is 24.7 Å². The number of amides is 3. The highest BCUT2D eigenvalue weighted by atomic mass is 16.7. The molecule has 1 aliphatic heterocycles. The zero-order valence-corrected chi connectivity index (χ0v) is 30.8. The van der Waals surface area contributed by atoms with Crippen molar-refractivity contribution in [3.05, 3.63) is 173 Å². The Hall–Kier alpha value is -5.48. The smallest absolute Gasteiger partial charge is 0.321 e. The number of hydrogen-bond acceptors (Lipinski definition) is 6. The minimum Gasteiger partial charge on any atom is -0.489 e. The Morgan fingerprint density at radius 1 is 0.667 bits per heavy atom. The maximum Gasteiger partial charge on any atom is 0.321 e. The Kier molecular flexibility index (Phi) is 13.9. The number of nitrogens with zero attached hydrogens (tertiary/aromatic N) is 2. The van der Waals surface area contributed by atoms with E-state index in [1.165, 1.54) is 5.56 Å². The minimum absolute atomic E-state index is 0.0387. The summed E-state index contributed by atoms with van der Waals surface area (Å²) in [5.74, 6) is 0.205. The SMILES string of the molecule is COCCOCO[C@@H]1[C@@H](CCc2ccccc2)N(Cc2cccc(C(N)=O)c2)C(=O)N(Cc2cccc(OCc3ccccc3)c2)[C@@H]1Cc1ccccc1. The van der Waals surface area contributed by atoms with E-state index < -0.39 is 12.0 Å². The van der Waals surface area contributed by atoms with E-state index in [1.807, 2.05) is 107 Å². The molecular formula is C45H49N3O6. The number of urea groups is 1. The summed E-state index contributed by atoms with van der Waals surface area (Å²) in [7, 11) is 1.64. The van der Waals surface area contributed by atoms with Crippen LogP contribution in [0.25, 0.3) is 0 Å². The second-order valence-corrected chi connectivity index (χ2v) is 13.5. The number of nitrogens with two attached hydrogens (primary N) is 1. The van der Waals surface area contributed by atoms with Gasteiger partial charge in [0.2, 0.25) is 5.91 Å². The van der Waals surface area contributed by atoms with Crippen molar-refractivity contribution in [3.63, 3.8) is 0 Å². The summed E-state index contributed by atoms with van der Waals surface area (Å²) in [6.45, 7) is 1.88. The van der Waals surface area contributed by atoms with E-state index in [0.717, 1.165) is 34.4 Å². The van der Waals surface area contributed by atoms with Crippen molar-refractivity contribution in [2.45, 2.75) is 57.1 Å². The van der Waals surface area contributed by atoms with Gasteiger partial charge in [-0.25, -0.2) is 4.79 Å². The van der Waals surface area contributed by atoms with Gasteiger partial charge in [-0.3, -0.25) is 4.79 Å². The molecule has 2 N–H and O–H groups in total. The molecule has 5 aromatic carbocycles. The number of aryl methyl sites for hydroxylation is 1. The fourth-order valence-corrected chi connectivity index (χ4v) is 7.03. The van der Waals surface area contributed by atoms with Gasteiger partial charge in [0, 0.05) is 25.8 Å². The highest BCUT2D eigenvalue weighted by Crippen LogP contribution is 2.33. The van der Waals surface area contributed by atoms with E-state index in [1.54, 1.807) is 25.3 Å². The lowest BCUT2D eigenvalue weighted by Crippen LogP contribution is -2.66. The molecule has 9 heteroatoms. The van der Waals surface area contributed by atoms with E-state index in [0.29, 0.717) is 44.8 Å². The van der Waals surface area contributed by atoms with Gasteiger partial charge in [0.1, 0.15) is 25.3 Å². The van der Waals surface area contributed by atoms with Crippen molar-refractivity contribution in [1.29, 1.82) is 0 Å². The standard InChI is InChI=1S/C45H49N3O6/c1-51-25-26-52-33-54-43-41(24-23-34-13-5-2-6-14-34)47(30-37-19-11-21-39(27-37)44(46)49)45(50)48(42(43)29-35-15-7-3-8-16-35)31-38-20-12-22-40(28-38)53-32-36-17-9-4-10-18-36/h2-22,27-28,41-43H,23-26,29-33H2,1H3,(H2,46,49)/t41-,42-,43-/m1/s1. The number of methoxy groups -OCH3 is 1. The van der Waals surface area contributed by atoms with Crippen molar-refractivity contribution in [2.75, 3.05) is 27.1 Å². The van der Waals surface area contributed by atoms with Crippen LogP contribution < -0.4 is 10.5 Å². The van der Waals surface area contributed by atoms with Crippen LogP contribution in [0.2, 0.25) is 0 Å². The predicted octanol–water partition coefficient (Wildman–Crippen LogP) is 7.42. The van der Waals surface area contributed by atoms with Crippen LogP contribution in [0.5, 0.6) is 5.75 Å². The van der Waals surface area contributed by atoms with E-state index in [9.17, 15) is 4.79 Å². The van der Waals surface area contributed by atoms with Gasteiger partial charge in [0.05, 0.1) is 25.3 Å². The second kappa shape index (κ2) is 19.6. The number of primary amides is 1. The molecule has 0 radical (unpaired) electrons. The monoisotopic (exact) mass is 727 g/mol. The quantitative estimate of drug-likeness (QED) is 0.0702. The molecule has 3 atom stereocenters. The molecule has 6 rings (SSSR count). The molecule has 5 aromatic rings. The largest absolute Gasteiger partial charge is 0.489 e. The molecule has 280 valence electrons. The molecule has 0 aromatic heterocycles. The Balaban J connectivity index is 1.38. The van der Waals surface area contributed by atoms with Gasteiger partial charge in [-0.05, 0) is 71.3 Å². The van der Waals surface area contributed by atoms with Crippen LogP contribution in [0, 0.1) is 0 Å². The van der Waals surface area contributed by atoms with E-state index >= 15 is 4.79 Å². The molecule has 0 spiro atoms. The van der Waals surface area contributed by atoms with Crippen molar-refractivity contribution in [1.82, 2.24) is 9.80 Å². The molecule has 0 saturated carbocycles. The van der Waals surface area contributed by atoms with E-state index in [-0.39, 0.29) is 31.5 Å². The van der Waals surface area contributed by atoms with Crippen LogP contribution in [0.3, 0.4) is 0 Å². The predicted molar refractivity (Wildman–Crippen MR) is 209 cm³/mol.